The highest BCUT2D eigenvalue weighted by molar-refractivity contribution is 6.22. The van der Waals surface area contributed by atoms with Crippen LogP contribution >= 0.6 is 0 Å². The first-order chi connectivity index (χ1) is 7.77. The van der Waals surface area contributed by atoms with Crippen LogP contribution in [0.15, 0.2) is 42.7 Å². The van der Waals surface area contributed by atoms with Crippen molar-refractivity contribution < 1.29 is 4.79 Å². The molecule has 0 saturated heterocycles. The van der Waals surface area contributed by atoms with Gasteiger partial charge in [0.15, 0.2) is 0 Å². The molecule has 0 aliphatic heterocycles. The summed E-state index contributed by atoms with van der Waals surface area (Å²) < 4.78 is 1.44. The number of rotatable bonds is 3. The second-order valence-corrected chi connectivity index (χ2v) is 3.16. The number of nitrogens with zero attached hydrogens (tertiary/aromatic N) is 3. The molecule has 1 amide bonds. The zero-order chi connectivity index (χ0) is 11.4. The molecule has 2 N–H and O–H groups in total. The Labute approximate surface area is 92.2 Å². The molecule has 0 fully saturated rings. The number of benzene rings is 1. The van der Waals surface area contributed by atoms with Gasteiger partial charge in [-0.1, -0.05) is 35.5 Å². The largest absolute Gasteiger partial charge is 0.366 e. The Balaban J connectivity index is 2.43. The summed E-state index contributed by atoms with van der Waals surface area (Å²) >= 11 is 0. The quantitative estimate of drug-likeness (QED) is 0.766. The molecule has 2 rings (SSSR count). The molecule has 16 heavy (non-hydrogen) atoms. The van der Waals surface area contributed by atoms with Crippen molar-refractivity contribution in [2.24, 2.45) is 5.73 Å². The fraction of sp³-hybridized carbons (Fsp3) is 0. The molecule has 0 spiro atoms. The van der Waals surface area contributed by atoms with E-state index in [1.54, 1.807) is 12.4 Å². The van der Waals surface area contributed by atoms with E-state index in [0.717, 1.165) is 5.56 Å². The molecule has 1 aromatic carbocycles. The van der Waals surface area contributed by atoms with Crippen LogP contribution in [0.5, 0.6) is 0 Å². The first kappa shape index (κ1) is 10.1. The van der Waals surface area contributed by atoms with E-state index in [1.165, 1.54) is 10.9 Å². The van der Waals surface area contributed by atoms with E-state index in [4.69, 9.17) is 5.73 Å². The maximum atomic E-state index is 11.3. The number of hydrogen-bond donors (Lipinski definition) is 1. The summed E-state index contributed by atoms with van der Waals surface area (Å²) in [6, 6.07) is 9.18. The van der Waals surface area contributed by atoms with Crippen LogP contribution in [0.2, 0.25) is 0 Å². The lowest BCUT2D eigenvalue weighted by Gasteiger charge is -2.02. The standard InChI is InChI=1S/C11H10N4O/c12-11(16)10(8-15-7-6-13-14-15)9-4-2-1-3-5-9/h1-8H,(H2,12,16). The molecule has 0 aliphatic carbocycles. The first-order valence-electron chi connectivity index (χ1n) is 4.70. The zero-order valence-electron chi connectivity index (χ0n) is 8.45. The Hall–Kier alpha value is -2.43. The summed E-state index contributed by atoms with van der Waals surface area (Å²) in [5.74, 6) is -0.498. The Morgan fingerprint density at radius 1 is 1.31 bits per heavy atom. The maximum absolute atomic E-state index is 11.3. The number of carbonyl (C=O) groups excluding carboxylic acids is 1. The van der Waals surface area contributed by atoms with Gasteiger partial charge in [-0.05, 0) is 5.56 Å². The number of carbonyl (C=O) groups is 1. The lowest BCUT2D eigenvalue weighted by molar-refractivity contribution is -0.112. The Morgan fingerprint density at radius 2 is 2.06 bits per heavy atom. The Bertz CT molecular complexity index is 502. The van der Waals surface area contributed by atoms with Crippen molar-refractivity contribution in [2.75, 3.05) is 0 Å². The van der Waals surface area contributed by atoms with Crippen LogP contribution in [-0.2, 0) is 4.79 Å². The molecular formula is C11H10N4O. The third-order valence-corrected chi connectivity index (χ3v) is 2.05. The third kappa shape index (κ3) is 2.14. The highest BCUT2D eigenvalue weighted by atomic mass is 16.1. The second-order valence-electron chi connectivity index (χ2n) is 3.16. The van der Waals surface area contributed by atoms with Gasteiger partial charge in [0.2, 0.25) is 0 Å². The average Bonchev–Trinajstić information content (AvgIpc) is 2.79. The summed E-state index contributed by atoms with van der Waals surface area (Å²) in [6.45, 7) is 0. The molecule has 0 unspecified atom stereocenters. The molecule has 0 aliphatic rings. The van der Waals surface area contributed by atoms with E-state index < -0.39 is 5.91 Å². The number of hydrogen-bond acceptors (Lipinski definition) is 3. The molecule has 2 aromatic rings. The fourth-order valence-electron chi connectivity index (χ4n) is 1.32. The van der Waals surface area contributed by atoms with Gasteiger partial charge < -0.3 is 5.73 Å². The molecule has 1 aromatic heterocycles. The van der Waals surface area contributed by atoms with Gasteiger partial charge in [0.1, 0.15) is 0 Å². The van der Waals surface area contributed by atoms with Gasteiger partial charge in [-0.15, -0.1) is 5.10 Å². The van der Waals surface area contributed by atoms with Crippen LogP contribution in [0.1, 0.15) is 5.56 Å². The van der Waals surface area contributed by atoms with E-state index >= 15 is 0 Å². The molecule has 1 heterocycles. The van der Waals surface area contributed by atoms with Gasteiger partial charge in [-0.25, -0.2) is 4.68 Å². The minimum Gasteiger partial charge on any atom is -0.366 e. The molecule has 5 heteroatoms. The summed E-state index contributed by atoms with van der Waals surface area (Å²) in [5, 5.41) is 7.39. The van der Waals surface area contributed by atoms with Crippen molar-refractivity contribution >= 4 is 17.7 Å². The zero-order valence-corrected chi connectivity index (χ0v) is 8.45. The monoisotopic (exact) mass is 214 g/mol. The van der Waals surface area contributed by atoms with Crippen molar-refractivity contribution in [3.05, 3.63) is 48.3 Å². The number of aromatic nitrogens is 3. The van der Waals surface area contributed by atoms with Crippen LogP contribution < -0.4 is 5.73 Å². The molecular weight excluding hydrogens is 204 g/mol. The topological polar surface area (TPSA) is 73.8 Å². The lowest BCUT2D eigenvalue weighted by Crippen LogP contribution is -2.13. The van der Waals surface area contributed by atoms with Crippen molar-refractivity contribution in [1.29, 1.82) is 0 Å². The number of nitrogens with two attached hydrogens (primary N) is 1. The van der Waals surface area contributed by atoms with Crippen LogP contribution in [0, 0.1) is 0 Å². The van der Waals surface area contributed by atoms with Crippen LogP contribution in [0.25, 0.3) is 11.8 Å². The molecule has 80 valence electrons. The van der Waals surface area contributed by atoms with Gasteiger partial charge in [0, 0.05) is 6.20 Å². The number of amides is 1. The third-order valence-electron chi connectivity index (χ3n) is 2.05. The molecule has 0 atom stereocenters. The van der Waals surface area contributed by atoms with Crippen molar-refractivity contribution in [3.8, 4) is 0 Å². The lowest BCUT2D eigenvalue weighted by atomic mass is 10.1. The highest BCUT2D eigenvalue weighted by Gasteiger charge is 2.07. The SMILES string of the molecule is NC(=O)C(=Cn1ccnn1)c1ccccc1. The van der Waals surface area contributed by atoms with Crippen LogP contribution in [0.3, 0.4) is 0 Å². The van der Waals surface area contributed by atoms with E-state index in [-0.39, 0.29) is 0 Å². The van der Waals surface area contributed by atoms with E-state index in [2.05, 4.69) is 10.3 Å². The molecule has 0 radical (unpaired) electrons. The van der Waals surface area contributed by atoms with Gasteiger partial charge in [0.25, 0.3) is 5.91 Å². The van der Waals surface area contributed by atoms with E-state index in [1.807, 2.05) is 30.3 Å². The predicted octanol–water partition coefficient (Wildman–Crippen LogP) is 0.761. The van der Waals surface area contributed by atoms with Crippen molar-refractivity contribution in [3.63, 3.8) is 0 Å². The van der Waals surface area contributed by atoms with Crippen LogP contribution in [0.4, 0.5) is 0 Å². The maximum Gasteiger partial charge on any atom is 0.250 e. The van der Waals surface area contributed by atoms with Gasteiger partial charge >= 0.3 is 0 Å². The van der Waals surface area contributed by atoms with Crippen molar-refractivity contribution in [2.45, 2.75) is 0 Å². The molecule has 5 nitrogen and oxygen atoms in total. The van der Waals surface area contributed by atoms with E-state index in [0.29, 0.717) is 5.57 Å². The summed E-state index contributed by atoms with van der Waals surface area (Å²) in [4.78, 5) is 11.3. The van der Waals surface area contributed by atoms with Crippen LogP contribution in [-0.4, -0.2) is 20.9 Å². The molecule has 0 bridgehead atoms. The van der Waals surface area contributed by atoms with Gasteiger partial charge in [0.05, 0.1) is 18.0 Å². The minimum atomic E-state index is -0.498. The second kappa shape index (κ2) is 4.39. The first-order valence-corrected chi connectivity index (χ1v) is 4.70. The minimum absolute atomic E-state index is 0.395. The summed E-state index contributed by atoms with van der Waals surface area (Å²) in [5.41, 5.74) is 6.47. The molecule has 0 saturated carbocycles. The highest BCUT2D eigenvalue weighted by Crippen LogP contribution is 2.13. The summed E-state index contributed by atoms with van der Waals surface area (Å²) in [6.07, 6.45) is 4.71. The Kier molecular flexibility index (Phi) is 2.77. The normalized spacial score (nSPS) is 11.4. The van der Waals surface area contributed by atoms with E-state index in [9.17, 15) is 4.79 Å². The smallest absolute Gasteiger partial charge is 0.250 e. The fourth-order valence-corrected chi connectivity index (χ4v) is 1.32. The van der Waals surface area contributed by atoms with Crippen molar-refractivity contribution in [1.82, 2.24) is 15.0 Å². The number of primary amides is 1. The van der Waals surface area contributed by atoms with Gasteiger partial charge in [-0.3, -0.25) is 4.79 Å². The predicted molar refractivity (Wildman–Crippen MR) is 59.8 cm³/mol. The average molecular weight is 214 g/mol. The Morgan fingerprint density at radius 3 is 2.62 bits per heavy atom. The van der Waals surface area contributed by atoms with Gasteiger partial charge in [-0.2, -0.15) is 0 Å². The summed E-state index contributed by atoms with van der Waals surface area (Å²) in [7, 11) is 0.